The fraction of sp³-hybridized carbons (Fsp3) is 0.368. The number of nitrogens with one attached hydrogen (secondary N) is 1. The summed E-state index contributed by atoms with van der Waals surface area (Å²) in [6.45, 7) is 0. The molecular formula is C19H24N2. The second-order valence-corrected chi connectivity index (χ2v) is 6.05. The largest absolute Gasteiger partial charge is 0.377 e. The SMILES string of the molecule is CN(C)c1ccccc1NC1CCCCc2ccccc21. The minimum atomic E-state index is 0.421. The summed E-state index contributed by atoms with van der Waals surface area (Å²) in [4.78, 5) is 2.17. The lowest BCUT2D eigenvalue weighted by Crippen LogP contribution is -2.16. The number of aryl methyl sites for hydroxylation is 1. The van der Waals surface area contributed by atoms with Gasteiger partial charge in [0.15, 0.2) is 0 Å². The third-order valence-electron chi connectivity index (χ3n) is 4.34. The van der Waals surface area contributed by atoms with Gasteiger partial charge in [0.1, 0.15) is 0 Å². The Balaban J connectivity index is 1.91. The maximum Gasteiger partial charge on any atom is 0.0596 e. The number of para-hydroxylation sites is 2. The van der Waals surface area contributed by atoms with Crippen LogP contribution in [-0.4, -0.2) is 14.1 Å². The van der Waals surface area contributed by atoms with E-state index in [4.69, 9.17) is 0 Å². The van der Waals surface area contributed by atoms with Crippen LogP contribution < -0.4 is 10.2 Å². The summed E-state index contributed by atoms with van der Waals surface area (Å²) in [6, 6.07) is 17.9. The van der Waals surface area contributed by atoms with Crippen molar-refractivity contribution in [1.29, 1.82) is 0 Å². The number of anilines is 2. The maximum atomic E-state index is 3.79. The van der Waals surface area contributed by atoms with Gasteiger partial charge in [0.2, 0.25) is 0 Å². The van der Waals surface area contributed by atoms with Gasteiger partial charge in [-0.2, -0.15) is 0 Å². The molecule has 0 aromatic heterocycles. The van der Waals surface area contributed by atoms with Crippen molar-refractivity contribution in [2.24, 2.45) is 0 Å². The second kappa shape index (κ2) is 6.21. The molecule has 2 nitrogen and oxygen atoms in total. The molecule has 0 heterocycles. The number of hydrogen-bond donors (Lipinski definition) is 1. The summed E-state index contributed by atoms with van der Waals surface area (Å²) in [5.74, 6) is 0. The smallest absolute Gasteiger partial charge is 0.0596 e. The van der Waals surface area contributed by atoms with Crippen LogP contribution >= 0.6 is 0 Å². The fourth-order valence-electron chi connectivity index (χ4n) is 3.24. The number of hydrogen-bond acceptors (Lipinski definition) is 2. The van der Waals surface area contributed by atoms with E-state index < -0.39 is 0 Å². The standard InChI is InChI=1S/C19H24N2/c1-21(2)19-14-8-7-13-18(19)20-17-12-6-4-10-15-9-3-5-11-16(15)17/h3,5,7-9,11,13-14,17,20H,4,6,10,12H2,1-2H3. The molecule has 1 aliphatic rings. The van der Waals surface area contributed by atoms with Gasteiger partial charge in [0.05, 0.1) is 17.4 Å². The molecular weight excluding hydrogens is 256 g/mol. The van der Waals surface area contributed by atoms with Gasteiger partial charge in [-0.25, -0.2) is 0 Å². The van der Waals surface area contributed by atoms with Crippen molar-refractivity contribution < 1.29 is 0 Å². The molecule has 1 N–H and O–H groups in total. The monoisotopic (exact) mass is 280 g/mol. The molecule has 1 aliphatic carbocycles. The van der Waals surface area contributed by atoms with E-state index in [1.165, 1.54) is 48.2 Å². The first kappa shape index (κ1) is 14.0. The van der Waals surface area contributed by atoms with Gasteiger partial charge in [-0.1, -0.05) is 42.8 Å². The van der Waals surface area contributed by atoms with E-state index in [0.717, 1.165) is 0 Å². The molecule has 0 saturated heterocycles. The predicted octanol–water partition coefficient (Wildman–Crippen LogP) is 4.63. The zero-order valence-corrected chi connectivity index (χ0v) is 13.0. The van der Waals surface area contributed by atoms with Crippen molar-refractivity contribution in [2.45, 2.75) is 31.7 Å². The van der Waals surface area contributed by atoms with E-state index in [9.17, 15) is 0 Å². The van der Waals surface area contributed by atoms with Crippen LogP contribution in [0, 0.1) is 0 Å². The molecule has 0 amide bonds. The summed E-state index contributed by atoms with van der Waals surface area (Å²) in [7, 11) is 4.20. The average Bonchev–Trinajstić information content (AvgIpc) is 2.70. The van der Waals surface area contributed by atoms with Crippen LogP contribution in [0.4, 0.5) is 11.4 Å². The molecule has 0 spiro atoms. The summed E-state index contributed by atoms with van der Waals surface area (Å²) in [5, 5.41) is 3.79. The number of fused-ring (bicyclic) bond motifs is 1. The van der Waals surface area contributed by atoms with Crippen LogP contribution in [0.1, 0.15) is 36.4 Å². The van der Waals surface area contributed by atoms with Gasteiger partial charge in [0.25, 0.3) is 0 Å². The Kier molecular flexibility index (Phi) is 4.14. The van der Waals surface area contributed by atoms with E-state index in [0.29, 0.717) is 6.04 Å². The summed E-state index contributed by atoms with van der Waals surface area (Å²) in [6.07, 6.45) is 5.00. The molecule has 0 aliphatic heterocycles. The highest BCUT2D eigenvalue weighted by Crippen LogP contribution is 2.34. The Hall–Kier alpha value is -1.96. The molecule has 3 rings (SSSR count). The van der Waals surface area contributed by atoms with E-state index >= 15 is 0 Å². The Bertz CT molecular complexity index is 604. The molecule has 0 bridgehead atoms. The Morgan fingerprint density at radius 3 is 2.57 bits per heavy atom. The molecule has 110 valence electrons. The van der Waals surface area contributed by atoms with E-state index in [2.05, 4.69) is 72.8 Å². The lowest BCUT2D eigenvalue weighted by atomic mass is 9.99. The quantitative estimate of drug-likeness (QED) is 0.824. The van der Waals surface area contributed by atoms with Crippen molar-refractivity contribution in [3.05, 3.63) is 59.7 Å². The highest BCUT2D eigenvalue weighted by molar-refractivity contribution is 5.70. The van der Waals surface area contributed by atoms with Gasteiger partial charge in [-0.05, 0) is 42.5 Å². The first-order valence-electron chi connectivity index (χ1n) is 7.86. The van der Waals surface area contributed by atoms with E-state index in [-0.39, 0.29) is 0 Å². The Labute approximate surface area is 127 Å². The van der Waals surface area contributed by atoms with Gasteiger partial charge in [-0.15, -0.1) is 0 Å². The van der Waals surface area contributed by atoms with Crippen molar-refractivity contribution >= 4 is 11.4 Å². The number of benzene rings is 2. The fourth-order valence-corrected chi connectivity index (χ4v) is 3.24. The zero-order valence-electron chi connectivity index (χ0n) is 13.0. The highest BCUT2D eigenvalue weighted by atomic mass is 15.1. The molecule has 0 radical (unpaired) electrons. The average molecular weight is 280 g/mol. The molecule has 21 heavy (non-hydrogen) atoms. The molecule has 2 aromatic carbocycles. The number of rotatable bonds is 3. The van der Waals surface area contributed by atoms with Crippen molar-refractivity contribution in [2.75, 3.05) is 24.3 Å². The van der Waals surface area contributed by atoms with Gasteiger partial charge in [-0.3, -0.25) is 0 Å². The highest BCUT2D eigenvalue weighted by Gasteiger charge is 2.19. The van der Waals surface area contributed by atoms with Crippen LogP contribution in [0.3, 0.4) is 0 Å². The topological polar surface area (TPSA) is 15.3 Å². The van der Waals surface area contributed by atoms with Crippen LogP contribution in [0.25, 0.3) is 0 Å². The Morgan fingerprint density at radius 2 is 1.71 bits per heavy atom. The van der Waals surface area contributed by atoms with Crippen molar-refractivity contribution in [3.63, 3.8) is 0 Å². The zero-order chi connectivity index (χ0) is 14.7. The van der Waals surface area contributed by atoms with Crippen molar-refractivity contribution in [1.82, 2.24) is 0 Å². The van der Waals surface area contributed by atoms with Gasteiger partial charge >= 0.3 is 0 Å². The number of nitrogens with zero attached hydrogens (tertiary/aromatic N) is 1. The summed E-state index contributed by atoms with van der Waals surface area (Å²) >= 11 is 0. The molecule has 1 unspecified atom stereocenters. The van der Waals surface area contributed by atoms with Gasteiger partial charge < -0.3 is 10.2 Å². The third-order valence-corrected chi connectivity index (χ3v) is 4.34. The van der Waals surface area contributed by atoms with Gasteiger partial charge in [0, 0.05) is 14.1 Å². The normalized spacial score (nSPS) is 17.7. The van der Waals surface area contributed by atoms with Crippen LogP contribution in [0.15, 0.2) is 48.5 Å². The maximum absolute atomic E-state index is 3.79. The first-order chi connectivity index (χ1) is 10.3. The molecule has 1 atom stereocenters. The Morgan fingerprint density at radius 1 is 0.952 bits per heavy atom. The van der Waals surface area contributed by atoms with E-state index in [1.54, 1.807) is 0 Å². The first-order valence-corrected chi connectivity index (χ1v) is 7.86. The van der Waals surface area contributed by atoms with E-state index in [1.807, 2.05) is 0 Å². The van der Waals surface area contributed by atoms with Crippen LogP contribution in [0.5, 0.6) is 0 Å². The molecule has 0 fully saturated rings. The molecule has 2 aromatic rings. The van der Waals surface area contributed by atoms with Crippen molar-refractivity contribution in [3.8, 4) is 0 Å². The molecule has 0 saturated carbocycles. The van der Waals surface area contributed by atoms with Crippen LogP contribution in [-0.2, 0) is 6.42 Å². The minimum Gasteiger partial charge on any atom is -0.377 e. The third kappa shape index (κ3) is 3.05. The predicted molar refractivity (Wildman–Crippen MR) is 91.1 cm³/mol. The van der Waals surface area contributed by atoms with Crippen LogP contribution in [0.2, 0.25) is 0 Å². The summed E-state index contributed by atoms with van der Waals surface area (Å²) in [5.41, 5.74) is 5.46. The minimum absolute atomic E-state index is 0.421. The lowest BCUT2D eigenvalue weighted by molar-refractivity contribution is 0.644. The lowest BCUT2D eigenvalue weighted by Gasteiger charge is -2.24. The molecule has 2 heteroatoms. The summed E-state index contributed by atoms with van der Waals surface area (Å²) < 4.78 is 0. The second-order valence-electron chi connectivity index (χ2n) is 6.05.